The second-order valence-corrected chi connectivity index (χ2v) is 8.73. The Bertz CT molecular complexity index is 1210. The van der Waals surface area contributed by atoms with Gasteiger partial charge in [-0.25, -0.2) is 4.79 Å². The molecule has 5 N–H and O–H groups in total. The molecule has 4 rings (SSSR count). The predicted molar refractivity (Wildman–Crippen MR) is 124 cm³/mol. The summed E-state index contributed by atoms with van der Waals surface area (Å²) < 4.78 is 8.28. The minimum Gasteiger partial charge on any atom is -0.493 e. The monoisotopic (exact) mass is 490 g/mol. The zero-order valence-corrected chi connectivity index (χ0v) is 19.2. The Morgan fingerprint density at radius 3 is 2.35 bits per heavy atom. The molecule has 1 saturated heterocycles. The summed E-state index contributed by atoms with van der Waals surface area (Å²) in [7, 11) is 0. The van der Waals surface area contributed by atoms with Gasteiger partial charge in [0.1, 0.15) is 30.5 Å². The van der Waals surface area contributed by atoms with Crippen LogP contribution >= 0.6 is 11.6 Å². The maximum atomic E-state index is 12.4. The van der Waals surface area contributed by atoms with Crippen LogP contribution in [0.5, 0.6) is 5.88 Å². The molecule has 34 heavy (non-hydrogen) atoms. The molecule has 0 saturated carbocycles. The molecule has 1 aliphatic rings. The normalized spacial score (nSPS) is 24.9. The van der Waals surface area contributed by atoms with E-state index in [-0.39, 0.29) is 11.6 Å². The van der Waals surface area contributed by atoms with E-state index in [4.69, 9.17) is 16.3 Å². The van der Waals surface area contributed by atoms with Gasteiger partial charge < -0.3 is 30.3 Å². The topological polar surface area (TPSA) is 137 Å². The van der Waals surface area contributed by atoms with Crippen molar-refractivity contribution in [1.82, 2.24) is 9.13 Å². The Morgan fingerprint density at radius 1 is 1.03 bits per heavy atom. The van der Waals surface area contributed by atoms with Gasteiger partial charge in [-0.15, -0.1) is 0 Å². The minimum absolute atomic E-state index is 0.103. The Kier molecular flexibility index (Phi) is 7.13. The van der Waals surface area contributed by atoms with Crippen LogP contribution < -0.4 is 5.69 Å². The van der Waals surface area contributed by atoms with Gasteiger partial charge in [0.05, 0.1) is 18.5 Å². The second-order valence-electron chi connectivity index (χ2n) is 8.33. The number of rotatable bonds is 6. The lowest BCUT2D eigenvalue weighted by Gasteiger charge is -2.40. The average molecular weight is 491 g/mol. The van der Waals surface area contributed by atoms with E-state index in [9.17, 15) is 30.3 Å². The van der Waals surface area contributed by atoms with E-state index in [0.717, 1.165) is 11.1 Å². The van der Waals surface area contributed by atoms with Gasteiger partial charge in [-0.2, -0.15) is 0 Å². The maximum Gasteiger partial charge on any atom is 0.335 e. The fourth-order valence-electron chi connectivity index (χ4n) is 4.23. The molecular weight excluding hydrogens is 464 g/mol. The molecule has 5 atom stereocenters. The molecule has 2 aromatic carbocycles. The minimum atomic E-state index is -1.46. The molecule has 1 aliphatic heterocycles. The van der Waals surface area contributed by atoms with Crippen LogP contribution in [0.2, 0.25) is 5.02 Å². The molecule has 0 spiro atoms. The zero-order valence-electron chi connectivity index (χ0n) is 18.5. The third-order valence-electron chi connectivity index (χ3n) is 6.17. The quantitative estimate of drug-likeness (QED) is 0.349. The number of ether oxygens (including phenoxy) is 1. The van der Waals surface area contributed by atoms with Crippen molar-refractivity contribution in [3.05, 3.63) is 80.9 Å². The van der Waals surface area contributed by atoms with E-state index in [0.29, 0.717) is 29.2 Å². The van der Waals surface area contributed by atoms with Gasteiger partial charge >= 0.3 is 5.69 Å². The summed E-state index contributed by atoms with van der Waals surface area (Å²) in [6, 6.07) is 12.3. The van der Waals surface area contributed by atoms with Crippen molar-refractivity contribution in [2.45, 2.75) is 50.4 Å². The van der Waals surface area contributed by atoms with Gasteiger partial charge in [0.15, 0.2) is 0 Å². The Labute approximate surface area is 200 Å². The standard InChI is InChI=1S/C24H27ClN2O7/c1-2-26-19(29)11-27(24(26)33)16-6-3-13(4-7-16)9-15-10-14(5-8-17(15)25)23-22(32)21(31)20(30)18(12-28)34-23/h3-8,10-11,18,20-23,28-32H,2,9,12H2,1H3. The summed E-state index contributed by atoms with van der Waals surface area (Å²) in [5.74, 6) is -0.103. The van der Waals surface area contributed by atoms with Crippen molar-refractivity contribution >= 4 is 11.6 Å². The molecule has 2 heterocycles. The third-order valence-corrected chi connectivity index (χ3v) is 6.54. The Morgan fingerprint density at radius 2 is 1.74 bits per heavy atom. The van der Waals surface area contributed by atoms with E-state index in [2.05, 4.69) is 0 Å². The molecular formula is C24H27ClN2O7. The Balaban J connectivity index is 1.57. The third kappa shape index (κ3) is 4.50. The Hall–Kier alpha value is -2.66. The van der Waals surface area contributed by atoms with Crippen molar-refractivity contribution in [3.63, 3.8) is 0 Å². The number of imidazole rings is 1. The molecule has 1 fully saturated rings. The van der Waals surface area contributed by atoms with Crippen LogP contribution in [0.4, 0.5) is 0 Å². The van der Waals surface area contributed by atoms with Crippen LogP contribution in [0, 0.1) is 0 Å². The molecule has 9 nitrogen and oxygen atoms in total. The molecule has 0 amide bonds. The lowest BCUT2D eigenvalue weighted by molar-refractivity contribution is -0.231. The van der Waals surface area contributed by atoms with Gasteiger partial charge in [0, 0.05) is 11.6 Å². The highest BCUT2D eigenvalue weighted by molar-refractivity contribution is 6.31. The molecule has 0 bridgehead atoms. The number of aliphatic hydroxyl groups is 4. The number of benzene rings is 2. The van der Waals surface area contributed by atoms with E-state index < -0.39 is 37.1 Å². The van der Waals surface area contributed by atoms with E-state index >= 15 is 0 Å². The van der Waals surface area contributed by atoms with Crippen LogP contribution in [-0.2, 0) is 17.7 Å². The van der Waals surface area contributed by atoms with Crippen LogP contribution in [0.1, 0.15) is 29.7 Å². The lowest BCUT2D eigenvalue weighted by atomic mass is 9.90. The second kappa shape index (κ2) is 9.91. The van der Waals surface area contributed by atoms with Crippen molar-refractivity contribution in [3.8, 4) is 11.6 Å². The number of hydrogen-bond acceptors (Lipinski definition) is 7. The zero-order chi connectivity index (χ0) is 24.6. The van der Waals surface area contributed by atoms with Crippen LogP contribution in [0.3, 0.4) is 0 Å². The number of nitrogens with zero attached hydrogens (tertiary/aromatic N) is 2. The van der Waals surface area contributed by atoms with Crippen LogP contribution in [0.25, 0.3) is 5.69 Å². The van der Waals surface area contributed by atoms with Gasteiger partial charge in [-0.05, 0) is 48.2 Å². The predicted octanol–water partition coefficient (Wildman–Crippen LogP) is 1.12. The first-order chi connectivity index (χ1) is 16.2. The van der Waals surface area contributed by atoms with Crippen molar-refractivity contribution in [2.75, 3.05) is 6.61 Å². The molecule has 3 aromatic rings. The largest absolute Gasteiger partial charge is 0.493 e. The number of halogens is 1. The molecule has 182 valence electrons. The average Bonchev–Trinajstić information content (AvgIpc) is 3.12. The van der Waals surface area contributed by atoms with E-state index in [1.807, 2.05) is 12.1 Å². The van der Waals surface area contributed by atoms with Gasteiger partial charge in [0.2, 0.25) is 5.88 Å². The smallest absolute Gasteiger partial charge is 0.335 e. The first-order valence-electron chi connectivity index (χ1n) is 10.9. The highest BCUT2D eigenvalue weighted by atomic mass is 35.5. The molecule has 0 radical (unpaired) electrons. The highest BCUT2D eigenvalue weighted by Gasteiger charge is 2.44. The van der Waals surface area contributed by atoms with Crippen molar-refractivity contribution < 1.29 is 30.3 Å². The van der Waals surface area contributed by atoms with Gasteiger partial charge in [0.25, 0.3) is 0 Å². The fraction of sp³-hybridized carbons (Fsp3) is 0.375. The summed E-state index contributed by atoms with van der Waals surface area (Å²) in [4.78, 5) is 12.4. The summed E-state index contributed by atoms with van der Waals surface area (Å²) in [6.07, 6.45) is -4.40. The molecule has 1 aromatic heterocycles. The molecule has 0 aliphatic carbocycles. The van der Waals surface area contributed by atoms with Crippen LogP contribution in [-0.4, -0.2) is 65.7 Å². The summed E-state index contributed by atoms with van der Waals surface area (Å²) in [5, 5.41) is 50.4. The first kappa shape index (κ1) is 24.5. The first-order valence-corrected chi connectivity index (χ1v) is 11.3. The van der Waals surface area contributed by atoms with Crippen molar-refractivity contribution in [2.24, 2.45) is 0 Å². The van der Waals surface area contributed by atoms with E-state index in [1.54, 1.807) is 37.3 Å². The SMILES string of the molecule is CCn1c(O)cn(-c2ccc(Cc3cc(C4OC(CO)C(O)C(O)C4O)ccc3Cl)cc2)c1=O. The molecule has 5 unspecified atom stereocenters. The number of aromatic nitrogens is 2. The molecule has 10 heteroatoms. The lowest BCUT2D eigenvalue weighted by Crippen LogP contribution is -2.55. The number of aliphatic hydroxyl groups excluding tert-OH is 4. The van der Waals surface area contributed by atoms with Gasteiger partial charge in [-0.1, -0.05) is 35.9 Å². The fourth-order valence-corrected chi connectivity index (χ4v) is 4.41. The van der Waals surface area contributed by atoms with Crippen molar-refractivity contribution in [1.29, 1.82) is 0 Å². The highest BCUT2D eigenvalue weighted by Crippen LogP contribution is 2.34. The summed E-state index contributed by atoms with van der Waals surface area (Å²) in [5.41, 5.74) is 2.48. The maximum absolute atomic E-state index is 12.4. The van der Waals surface area contributed by atoms with Gasteiger partial charge in [-0.3, -0.25) is 9.13 Å². The summed E-state index contributed by atoms with van der Waals surface area (Å²) >= 11 is 6.40. The van der Waals surface area contributed by atoms with E-state index in [1.165, 1.54) is 15.3 Å². The summed E-state index contributed by atoms with van der Waals surface area (Å²) in [6.45, 7) is 1.63. The van der Waals surface area contributed by atoms with Crippen LogP contribution in [0.15, 0.2) is 53.5 Å². The number of hydrogen-bond donors (Lipinski definition) is 5. The number of aromatic hydroxyl groups is 1.